The van der Waals surface area contributed by atoms with Crippen LogP contribution in [0.15, 0.2) is 28.7 Å². The first-order valence-corrected chi connectivity index (χ1v) is 9.90. The van der Waals surface area contributed by atoms with Crippen LogP contribution in [0, 0.1) is 23.3 Å². The average Bonchev–Trinajstić information content (AvgIpc) is 2.71. The van der Waals surface area contributed by atoms with E-state index in [1.165, 1.54) is 4.90 Å². The van der Waals surface area contributed by atoms with E-state index in [1.54, 1.807) is 29.2 Å². The Kier molecular flexibility index (Phi) is 6.65. The molecular weight excluding hydrogens is 498 g/mol. The third kappa shape index (κ3) is 4.49. The van der Waals surface area contributed by atoms with E-state index in [1.807, 2.05) is 0 Å². The number of carbonyl (C=O) groups is 1. The highest BCUT2D eigenvalue weighted by Gasteiger charge is 2.30. The summed E-state index contributed by atoms with van der Waals surface area (Å²) < 4.78 is 56.4. The number of thiocarbonyl (C=S) groups is 1. The highest BCUT2D eigenvalue weighted by atomic mass is 79.9. The van der Waals surface area contributed by atoms with Crippen LogP contribution in [0.4, 0.5) is 23.2 Å². The van der Waals surface area contributed by atoms with Gasteiger partial charge in [-0.25, -0.2) is 17.6 Å². The van der Waals surface area contributed by atoms with Gasteiger partial charge in [0.15, 0.2) is 28.4 Å². The number of anilines is 1. The lowest BCUT2D eigenvalue weighted by Crippen LogP contribution is -2.53. The molecule has 1 fully saturated rings. The quantitative estimate of drug-likeness (QED) is 0.279. The van der Waals surface area contributed by atoms with Crippen molar-refractivity contribution in [2.45, 2.75) is 0 Å². The molecule has 1 N–H and O–H groups in total. The third-order valence-electron chi connectivity index (χ3n) is 4.38. The fraction of sp³-hybridized carbons (Fsp3) is 0.222. The highest BCUT2D eigenvalue weighted by molar-refractivity contribution is 9.10. The van der Waals surface area contributed by atoms with Crippen molar-refractivity contribution in [2.75, 3.05) is 31.1 Å². The Morgan fingerprint density at radius 3 is 2.17 bits per heavy atom. The van der Waals surface area contributed by atoms with Gasteiger partial charge in [0.25, 0.3) is 5.91 Å². The van der Waals surface area contributed by atoms with E-state index < -0.39 is 39.9 Å². The van der Waals surface area contributed by atoms with E-state index in [4.69, 9.17) is 23.8 Å². The topological polar surface area (TPSA) is 35.6 Å². The van der Waals surface area contributed by atoms with Crippen molar-refractivity contribution in [2.24, 2.45) is 0 Å². The number of hydrogen-bond donors (Lipinski definition) is 1. The maximum atomic E-state index is 14.1. The Balaban J connectivity index is 1.67. The van der Waals surface area contributed by atoms with Gasteiger partial charge in [0.05, 0.1) is 0 Å². The van der Waals surface area contributed by atoms with Gasteiger partial charge in [0, 0.05) is 36.2 Å². The number of halogens is 6. The summed E-state index contributed by atoms with van der Waals surface area (Å²) in [5.41, 5.74) is -0.412. The van der Waals surface area contributed by atoms with Gasteiger partial charge in [0.2, 0.25) is 0 Å². The summed E-state index contributed by atoms with van der Waals surface area (Å²) in [6.45, 7) is 0.424. The lowest BCUT2D eigenvalue weighted by Gasteiger charge is -2.37. The molecule has 1 aliphatic rings. The molecule has 1 amide bonds. The molecule has 0 radical (unpaired) electrons. The molecule has 0 aliphatic carbocycles. The van der Waals surface area contributed by atoms with Gasteiger partial charge in [-0.05, 0) is 30.4 Å². The smallest absolute Gasteiger partial charge is 0.257 e. The van der Waals surface area contributed by atoms with Gasteiger partial charge < -0.3 is 9.80 Å². The van der Waals surface area contributed by atoms with Crippen LogP contribution >= 0.6 is 39.7 Å². The molecule has 29 heavy (non-hydrogen) atoms. The second-order valence-electron chi connectivity index (χ2n) is 6.16. The summed E-state index contributed by atoms with van der Waals surface area (Å²) in [6, 6.07) is 6.73. The minimum absolute atomic E-state index is 0.0290. The first-order chi connectivity index (χ1) is 13.7. The lowest BCUT2D eigenvalue weighted by molar-refractivity contribution is 0.0973. The second kappa shape index (κ2) is 8.85. The van der Waals surface area contributed by atoms with Crippen LogP contribution in [0.5, 0.6) is 0 Å². The number of nitrogens with one attached hydrogen (secondary N) is 1. The zero-order chi connectivity index (χ0) is 21.3. The monoisotopic (exact) mass is 509 g/mol. The van der Waals surface area contributed by atoms with Crippen molar-refractivity contribution in [1.29, 1.82) is 0 Å². The molecule has 1 saturated heterocycles. The van der Waals surface area contributed by atoms with Crippen LogP contribution < -0.4 is 10.2 Å². The lowest BCUT2D eigenvalue weighted by atomic mass is 10.2. The fourth-order valence-electron chi connectivity index (χ4n) is 2.88. The van der Waals surface area contributed by atoms with Gasteiger partial charge in [-0.15, -0.1) is 0 Å². The van der Waals surface area contributed by atoms with E-state index >= 15 is 0 Å². The van der Waals surface area contributed by atoms with Crippen LogP contribution in [0.3, 0.4) is 0 Å². The van der Waals surface area contributed by atoms with Crippen molar-refractivity contribution in [3.8, 4) is 0 Å². The Morgan fingerprint density at radius 2 is 1.62 bits per heavy atom. The minimum Gasteiger partial charge on any atom is -0.363 e. The molecule has 0 aromatic heterocycles. The number of carbonyl (C=O) groups excluding carboxylic acids is 1. The summed E-state index contributed by atoms with van der Waals surface area (Å²) in [7, 11) is 0. The molecular formula is C18H13BrClF4N3OS. The molecule has 0 saturated carbocycles. The van der Waals surface area contributed by atoms with Gasteiger partial charge in [-0.2, -0.15) is 0 Å². The van der Waals surface area contributed by atoms with E-state index in [0.29, 0.717) is 5.56 Å². The largest absolute Gasteiger partial charge is 0.363 e. The molecule has 2 aromatic carbocycles. The molecule has 1 aliphatic heterocycles. The molecule has 0 spiro atoms. The summed E-state index contributed by atoms with van der Waals surface area (Å²) >= 11 is 13.8. The predicted molar refractivity (Wildman–Crippen MR) is 109 cm³/mol. The normalized spacial score (nSPS) is 14.1. The van der Waals surface area contributed by atoms with E-state index in [9.17, 15) is 22.4 Å². The van der Waals surface area contributed by atoms with Crippen molar-refractivity contribution in [1.82, 2.24) is 10.2 Å². The van der Waals surface area contributed by atoms with E-state index in [0.717, 1.165) is 4.47 Å². The van der Waals surface area contributed by atoms with Crippen LogP contribution in [0.25, 0.3) is 0 Å². The Morgan fingerprint density at radius 1 is 1.03 bits per heavy atom. The van der Waals surface area contributed by atoms with Crippen LogP contribution in [0.2, 0.25) is 5.02 Å². The Bertz CT molecular complexity index is 957. The van der Waals surface area contributed by atoms with Crippen LogP contribution in [-0.2, 0) is 0 Å². The Hall–Kier alpha value is -1.91. The van der Waals surface area contributed by atoms with Crippen molar-refractivity contribution in [3.63, 3.8) is 0 Å². The standard InChI is InChI=1S/C18H13BrClF4N3OS/c19-10-3-1-2-9(8-10)17(28)25-18(29)27-6-4-26(5-7-27)16-14(23)12(21)11(20)13(22)15(16)24/h1-3,8H,4-7H2,(H,25,28,29). The van der Waals surface area contributed by atoms with Crippen LogP contribution in [0.1, 0.15) is 10.4 Å². The summed E-state index contributed by atoms with van der Waals surface area (Å²) in [5.74, 6) is -6.78. The molecule has 0 bridgehead atoms. The number of benzene rings is 2. The summed E-state index contributed by atoms with van der Waals surface area (Å²) in [5, 5.41) is 1.51. The van der Waals surface area contributed by atoms with Gasteiger partial charge in [0.1, 0.15) is 10.7 Å². The molecule has 2 aromatic rings. The zero-order valence-corrected chi connectivity index (χ0v) is 17.8. The molecule has 11 heteroatoms. The first-order valence-electron chi connectivity index (χ1n) is 8.33. The fourth-order valence-corrected chi connectivity index (χ4v) is 3.72. The molecule has 0 unspecified atom stereocenters. The maximum absolute atomic E-state index is 14.1. The number of amides is 1. The third-order valence-corrected chi connectivity index (χ3v) is 5.56. The number of nitrogens with zero attached hydrogens (tertiary/aromatic N) is 2. The van der Waals surface area contributed by atoms with Gasteiger partial charge in [-0.1, -0.05) is 33.6 Å². The number of rotatable bonds is 2. The number of piperazine rings is 1. The van der Waals surface area contributed by atoms with Gasteiger partial charge in [-0.3, -0.25) is 10.1 Å². The highest BCUT2D eigenvalue weighted by Crippen LogP contribution is 2.33. The van der Waals surface area contributed by atoms with E-state index in [2.05, 4.69) is 21.2 Å². The molecule has 3 rings (SSSR count). The predicted octanol–water partition coefficient (Wildman–Crippen LogP) is 4.50. The summed E-state index contributed by atoms with van der Waals surface area (Å²) in [6.07, 6.45) is 0. The van der Waals surface area contributed by atoms with Crippen LogP contribution in [-0.4, -0.2) is 42.1 Å². The SMILES string of the molecule is O=C(NC(=S)N1CCN(c2c(F)c(F)c(Cl)c(F)c2F)CC1)c1cccc(Br)c1. The van der Waals surface area contributed by atoms with Gasteiger partial charge >= 0.3 is 0 Å². The van der Waals surface area contributed by atoms with Crippen molar-refractivity contribution < 1.29 is 22.4 Å². The number of hydrogen-bond acceptors (Lipinski definition) is 3. The molecule has 0 atom stereocenters. The van der Waals surface area contributed by atoms with Crippen molar-refractivity contribution in [3.05, 3.63) is 62.6 Å². The first kappa shape index (κ1) is 21.8. The summed E-state index contributed by atoms with van der Waals surface area (Å²) in [4.78, 5) is 15.1. The molecule has 154 valence electrons. The second-order valence-corrected chi connectivity index (χ2v) is 7.84. The van der Waals surface area contributed by atoms with Crippen molar-refractivity contribution >= 4 is 56.5 Å². The molecule has 4 nitrogen and oxygen atoms in total. The maximum Gasteiger partial charge on any atom is 0.257 e. The van der Waals surface area contributed by atoms with E-state index in [-0.39, 0.29) is 31.3 Å². The Labute approximate surface area is 182 Å². The minimum atomic E-state index is -1.64. The average molecular weight is 511 g/mol. The zero-order valence-electron chi connectivity index (χ0n) is 14.6. The molecule has 1 heterocycles.